The molecule has 0 bridgehead atoms. The molecule has 1 aromatic carbocycles. The minimum absolute atomic E-state index is 0. The summed E-state index contributed by atoms with van der Waals surface area (Å²) in [6.07, 6.45) is 4.05. The van der Waals surface area contributed by atoms with Crippen molar-refractivity contribution in [2.45, 2.75) is 51.4 Å². The van der Waals surface area contributed by atoms with Crippen LogP contribution < -0.4 is 0 Å². The van der Waals surface area contributed by atoms with Crippen LogP contribution in [0.3, 0.4) is 0 Å². The summed E-state index contributed by atoms with van der Waals surface area (Å²) in [5.41, 5.74) is 3.42. The summed E-state index contributed by atoms with van der Waals surface area (Å²) in [5.74, 6) is 0. The smallest absolute Gasteiger partial charge is 0.0406 e. The molecule has 1 aliphatic rings. The molecule has 1 radical (unpaired) electrons. The number of benzene rings is 1. The van der Waals surface area contributed by atoms with Crippen molar-refractivity contribution in [2.75, 3.05) is 0 Å². The van der Waals surface area contributed by atoms with E-state index in [9.17, 15) is 0 Å². The number of rotatable bonds is 1. The zero-order valence-corrected chi connectivity index (χ0v) is 15.2. The molecule has 0 saturated heterocycles. The summed E-state index contributed by atoms with van der Waals surface area (Å²) in [6, 6.07) is 4.00. The van der Waals surface area contributed by atoms with Crippen LogP contribution in [0.25, 0.3) is 11.3 Å². The first kappa shape index (κ1) is 11.6. The largest absolute Gasteiger partial charge is 0.304 e. The fourth-order valence-electron chi connectivity index (χ4n) is 2.96. The standard InChI is InChI=1S/C19H22N.Ir/c1-18(2)10-11-19(3,4)16-13-20-17(12-15(16)18)14-8-6-5-7-9-14;/h5-8,12-13H,10-11H2,1-4H3;/q-1;/i5D,6D,7D,8D;. The third kappa shape index (κ3) is 2.98. The Balaban J connectivity index is 0.00000225. The second-order valence-electron chi connectivity index (χ2n) is 6.88. The Labute approximate surface area is 147 Å². The van der Waals surface area contributed by atoms with Gasteiger partial charge in [-0.15, -0.1) is 35.8 Å². The molecule has 3 rings (SSSR count). The molecule has 113 valence electrons. The molecule has 0 spiro atoms. The van der Waals surface area contributed by atoms with Crippen molar-refractivity contribution in [3.8, 4) is 11.3 Å². The van der Waals surface area contributed by atoms with E-state index in [0.717, 1.165) is 12.8 Å². The molecular formula is C19H22IrN-. The van der Waals surface area contributed by atoms with Crippen molar-refractivity contribution in [1.82, 2.24) is 4.98 Å². The minimum Gasteiger partial charge on any atom is -0.304 e. The Bertz CT molecular complexity index is 831. The van der Waals surface area contributed by atoms with Crippen LogP contribution in [0, 0.1) is 6.07 Å². The quantitative estimate of drug-likeness (QED) is 0.552. The maximum Gasteiger partial charge on any atom is 0.0406 e. The summed E-state index contributed by atoms with van der Waals surface area (Å²) < 4.78 is 31.5. The van der Waals surface area contributed by atoms with E-state index in [4.69, 9.17) is 5.48 Å². The molecule has 0 N–H and O–H groups in total. The molecule has 1 nitrogen and oxygen atoms in total. The first-order valence-corrected chi connectivity index (χ1v) is 7.05. The molecule has 0 unspecified atom stereocenters. The van der Waals surface area contributed by atoms with Gasteiger partial charge in [0.15, 0.2) is 0 Å². The predicted molar refractivity (Wildman–Crippen MR) is 83.8 cm³/mol. The van der Waals surface area contributed by atoms with E-state index in [2.05, 4.69) is 38.7 Å². The monoisotopic (exact) mass is 461 g/mol. The Kier molecular flexibility index (Phi) is 3.12. The summed E-state index contributed by atoms with van der Waals surface area (Å²) in [6.45, 7) is 8.89. The van der Waals surface area contributed by atoms with E-state index in [1.165, 1.54) is 11.1 Å². The zero-order chi connectivity index (χ0) is 17.9. The van der Waals surface area contributed by atoms with Crippen LogP contribution in [0.2, 0.25) is 0 Å². The number of fused-ring (bicyclic) bond motifs is 1. The minimum atomic E-state index is -0.261. The van der Waals surface area contributed by atoms with Gasteiger partial charge in [0.1, 0.15) is 0 Å². The number of aromatic nitrogens is 1. The van der Waals surface area contributed by atoms with Gasteiger partial charge in [-0.3, -0.25) is 0 Å². The van der Waals surface area contributed by atoms with Gasteiger partial charge < -0.3 is 4.98 Å². The molecular weight excluding hydrogens is 434 g/mol. The zero-order valence-electron chi connectivity index (χ0n) is 16.8. The second kappa shape index (κ2) is 5.66. The Hall–Kier alpha value is -0.981. The van der Waals surface area contributed by atoms with Gasteiger partial charge in [-0.2, -0.15) is 0 Å². The fraction of sp³-hybridized carbons (Fsp3) is 0.421. The maximum absolute atomic E-state index is 8.13. The summed E-state index contributed by atoms with van der Waals surface area (Å²) in [4.78, 5) is 4.52. The average molecular weight is 461 g/mol. The topological polar surface area (TPSA) is 12.9 Å². The first-order valence-electron chi connectivity index (χ1n) is 9.05. The fourth-order valence-corrected chi connectivity index (χ4v) is 2.96. The molecule has 0 atom stereocenters. The predicted octanol–water partition coefficient (Wildman–Crippen LogP) is 4.90. The number of hydrogen-bond donors (Lipinski definition) is 0. The van der Waals surface area contributed by atoms with Crippen molar-refractivity contribution in [1.29, 1.82) is 0 Å². The first-order chi connectivity index (χ1) is 11.0. The molecule has 0 fully saturated rings. The summed E-state index contributed by atoms with van der Waals surface area (Å²) in [7, 11) is 0. The summed E-state index contributed by atoms with van der Waals surface area (Å²) in [5, 5.41) is 0. The van der Waals surface area contributed by atoms with Crippen LogP contribution in [0.5, 0.6) is 0 Å². The maximum atomic E-state index is 8.13. The van der Waals surface area contributed by atoms with Crippen molar-refractivity contribution >= 4 is 0 Å². The van der Waals surface area contributed by atoms with Crippen LogP contribution in [0.15, 0.2) is 36.4 Å². The molecule has 0 saturated carbocycles. The second-order valence-corrected chi connectivity index (χ2v) is 6.88. The Morgan fingerprint density at radius 1 is 1.10 bits per heavy atom. The Morgan fingerprint density at radius 3 is 2.48 bits per heavy atom. The van der Waals surface area contributed by atoms with E-state index >= 15 is 0 Å². The van der Waals surface area contributed by atoms with Crippen LogP contribution in [0.1, 0.15) is 57.1 Å². The third-order valence-electron chi connectivity index (χ3n) is 4.49. The number of hydrogen-bond acceptors (Lipinski definition) is 1. The van der Waals surface area contributed by atoms with Gasteiger partial charge in [-0.05, 0) is 43.2 Å². The van der Waals surface area contributed by atoms with E-state index < -0.39 is 0 Å². The van der Waals surface area contributed by atoms with E-state index in [1.807, 2.05) is 12.3 Å². The summed E-state index contributed by atoms with van der Waals surface area (Å²) >= 11 is 0. The van der Waals surface area contributed by atoms with Crippen LogP contribution >= 0.6 is 0 Å². The van der Waals surface area contributed by atoms with Crippen molar-refractivity contribution in [2.24, 2.45) is 0 Å². The molecule has 0 amide bonds. The van der Waals surface area contributed by atoms with Gasteiger partial charge >= 0.3 is 0 Å². The van der Waals surface area contributed by atoms with Gasteiger partial charge in [0, 0.05) is 29.0 Å². The van der Waals surface area contributed by atoms with E-state index in [1.54, 1.807) is 0 Å². The Morgan fingerprint density at radius 2 is 1.76 bits per heavy atom. The van der Waals surface area contributed by atoms with Gasteiger partial charge in [0.05, 0.1) is 0 Å². The van der Waals surface area contributed by atoms with Gasteiger partial charge in [0.2, 0.25) is 0 Å². The average Bonchev–Trinajstić information content (AvgIpc) is 2.53. The van der Waals surface area contributed by atoms with Crippen molar-refractivity contribution in [3.63, 3.8) is 0 Å². The molecule has 1 aliphatic carbocycles. The third-order valence-corrected chi connectivity index (χ3v) is 4.49. The molecule has 2 heteroatoms. The van der Waals surface area contributed by atoms with Gasteiger partial charge in [-0.1, -0.05) is 33.8 Å². The molecule has 1 heterocycles. The SMILES string of the molecule is [2H]c1[c-]c(-c2cc3c(cn2)C(C)(C)CCC3(C)C)c([2H])c([2H])c1[2H].[Ir]. The molecule has 1 aromatic heterocycles. The normalized spacial score (nSPS) is 21.1. The molecule has 0 aliphatic heterocycles. The number of pyridine rings is 1. The van der Waals surface area contributed by atoms with Gasteiger partial charge in [0.25, 0.3) is 0 Å². The van der Waals surface area contributed by atoms with Crippen molar-refractivity contribution < 1.29 is 25.6 Å². The van der Waals surface area contributed by atoms with Crippen LogP contribution in [0.4, 0.5) is 0 Å². The van der Waals surface area contributed by atoms with Crippen LogP contribution in [-0.4, -0.2) is 4.98 Å². The van der Waals surface area contributed by atoms with Gasteiger partial charge in [-0.25, -0.2) is 0 Å². The van der Waals surface area contributed by atoms with E-state index in [-0.39, 0.29) is 55.1 Å². The number of nitrogens with zero attached hydrogens (tertiary/aromatic N) is 1. The molecule has 21 heavy (non-hydrogen) atoms. The van der Waals surface area contributed by atoms with Crippen molar-refractivity contribution in [3.05, 3.63) is 53.6 Å². The molecule has 2 aromatic rings. The van der Waals surface area contributed by atoms with E-state index in [0.29, 0.717) is 11.3 Å². The van der Waals surface area contributed by atoms with Crippen LogP contribution in [-0.2, 0) is 30.9 Å².